The molecule has 1 aromatic rings. The summed E-state index contributed by atoms with van der Waals surface area (Å²) in [5.74, 6) is 0.246. The fourth-order valence-corrected chi connectivity index (χ4v) is 2.49. The lowest BCUT2D eigenvalue weighted by molar-refractivity contribution is -0.137. The van der Waals surface area contributed by atoms with E-state index in [4.69, 9.17) is 13.9 Å². The van der Waals surface area contributed by atoms with Crippen LogP contribution < -0.4 is 4.74 Å². The minimum absolute atomic E-state index is 0.0663. The molecule has 0 heterocycles. The van der Waals surface area contributed by atoms with E-state index in [1.807, 2.05) is 31.8 Å². The maximum Gasteiger partial charge on any atom is 0.364 e. The molecule has 1 rings (SSSR count). The molecule has 23 heavy (non-hydrogen) atoms. The van der Waals surface area contributed by atoms with E-state index < -0.39 is 14.3 Å². The van der Waals surface area contributed by atoms with E-state index in [-0.39, 0.29) is 18.1 Å². The van der Waals surface area contributed by atoms with Crippen molar-refractivity contribution >= 4 is 20.0 Å². The molecule has 6 nitrogen and oxygen atoms in total. The first-order valence-corrected chi connectivity index (χ1v) is 10.5. The van der Waals surface area contributed by atoms with Gasteiger partial charge < -0.3 is 18.7 Å². The van der Waals surface area contributed by atoms with Crippen LogP contribution in [0.15, 0.2) is 41.8 Å². The Hall–Kier alpha value is -2.28. The van der Waals surface area contributed by atoms with Crippen molar-refractivity contribution in [2.45, 2.75) is 26.2 Å². The number of oxime groups is 1. The van der Waals surface area contributed by atoms with Gasteiger partial charge in [0.1, 0.15) is 25.2 Å². The Labute approximate surface area is 137 Å². The molecule has 0 fully saturated rings. The maximum atomic E-state index is 12.2. The maximum absolute atomic E-state index is 12.2. The van der Waals surface area contributed by atoms with E-state index in [1.165, 1.54) is 7.11 Å². The highest BCUT2D eigenvalue weighted by Gasteiger charge is 2.25. The number of ether oxygens (including phenoxy) is 2. The van der Waals surface area contributed by atoms with Gasteiger partial charge in [0.05, 0.1) is 7.11 Å². The summed E-state index contributed by atoms with van der Waals surface area (Å²) in [6, 6.07) is 7.21. The molecule has 0 amide bonds. The molecule has 0 N–H and O–H groups in total. The second kappa shape index (κ2) is 8.38. The number of carbonyl (C=O) groups is 1. The zero-order valence-corrected chi connectivity index (χ0v) is 15.2. The number of nitrogens with zero attached hydrogens (tertiary/aromatic N) is 1. The highest BCUT2D eigenvalue weighted by Crippen LogP contribution is 2.14. The van der Waals surface area contributed by atoms with Gasteiger partial charge in [-0.2, -0.15) is 0 Å². The quantitative estimate of drug-likeness (QED) is 0.240. The van der Waals surface area contributed by atoms with E-state index in [9.17, 15) is 4.79 Å². The predicted molar refractivity (Wildman–Crippen MR) is 90.8 cm³/mol. The number of rotatable bonds is 8. The molecule has 0 atom stereocenters. The number of methoxy groups -OCH3 is 1. The molecule has 0 aliphatic carbocycles. The van der Waals surface area contributed by atoms with Crippen LogP contribution in [0.5, 0.6) is 5.75 Å². The van der Waals surface area contributed by atoms with Crippen molar-refractivity contribution < 1.29 is 23.5 Å². The summed E-state index contributed by atoms with van der Waals surface area (Å²) in [6.45, 7) is 9.78. The molecule has 0 spiro atoms. The van der Waals surface area contributed by atoms with E-state index >= 15 is 0 Å². The van der Waals surface area contributed by atoms with Crippen LogP contribution in [0.2, 0.25) is 19.6 Å². The van der Waals surface area contributed by atoms with Crippen molar-refractivity contribution in [1.82, 2.24) is 0 Å². The van der Waals surface area contributed by atoms with Crippen molar-refractivity contribution in [3.63, 3.8) is 0 Å². The van der Waals surface area contributed by atoms with Gasteiger partial charge in [-0.1, -0.05) is 23.9 Å². The van der Waals surface area contributed by atoms with Crippen molar-refractivity contribution in [2.24, 2.45) is 5.16 Å². The standard InChI is InChI=1S/C16H23NO5Si/c1-12(22-23(4,5)6)15(17-20-3)16(18)21-11-13-7-9-14(19-2)10-8-13/h7-10H,1,11H2,2-6H3/b17-15+. The molecule has 0 aliphatic rings. The van der Waals surface area contributed by atoms with Gasteiger partial charge >= 0.3 is 5.97 Å². The van der Waals surface area contributed by atoms with E-state index in [0.29, 0.717) is 0 Å². The predicted octanol–water partition coefficient (Wildman–Crippen LogP) is 3.11. The van der Waals surface area contributed by atoms with E-state index in [1.54, 1.807) is 19.2 Å². The number of carbonyl (C=O) groups excluding carboxylic acids is 1. The van der Waals surface area contributed by atoms with Gasteiger partial charge in [-0.3, -0.25) is 0 Å². The van der Waals surface area contributed by atoms with Crippen molar-refractivity contribution in [1.29, 1.82) is 0 Å². The summed E-state index contributed by atoms with van der Waals surface area (Å²) in [5, 5.41) is 3.67. The first-order chi connectivity index (χ1) is 10.8. The van der Waals surface area contributed by atoms with Crippen LogP contribution >= 0.6 is 0 Å². The van der Waals surface area contributed by atoms with E-state index in [2.05, 4.69) is 16.6 Å². The lowest BCUT2D eigenvalue weighted by atomic mass is 10.2. The molecule has 0 aliphatic heterocycles. The monoisotopic (exact) mass is 337 g/mol. The molecule has 0 unspecified atom stereocenters. The number of hydrogen-bond donors (Lipinski definition) is 0. The molecule has 7 heteroatoms. The van der Waals surface area contributed by atoms with Crippen molar-refractivity contribution in [2.75, 3.05) is 14.2 Å². The summed E-state index contributed by atoms with van der Waals surface area (Å²) in [7, 11) is 1.02. The first kappa shape index (κ1) is 18.8. The lowest BCUT2D eigenvalue weighted by Crippen LogP contribution is -2.30. The van der Waals surface area contributed by atoms with Gasteiger partial charge in [0.2, 0.25) is 14.0 Å². The third-order valence-corrected chi connectivity index (χ3v) is 3.46. The zero-order valence-electron chi connectivity index (χ0n) is 14.2. The van der Waals surface area contributed by atoms with Gasteiger partial charge in [-0.05, 0) is 37.3 Å². The van der Waals surface area contributed by atoms with Crippen LogP contribution in [0.1, 0.15) is 5.56 Å². The van der Waals surface area contributed by atoms with Crippen LogP contribution in [-0.4, -0.2) is 34.2 Å². The van der Waals surface area contributed by atoms with Crippen LogP contribution in [0, 0.1) is 0 Å². The third-order valence-electron chi connectivity index (χ3n) is 2.60. The average molecular weight is 337 g/mol. The fourth-order valence-electron chi connectivity index (χ4n) is 1.65. The summed E-state index contributed by atoms with van der Waals surface area (Å²) in [6.07, 6.45) is 0. The molecular weight excluding hydrogens is 314 g/mol. The molecule has 1 aromatic carbocycles. The Morgan fingerprint density at radius 2 is 1.78 bits per heavy atom. The molecule has 126 valence electrons. The second-order valence-corrected chi connectivity index (χ2v) is 10.1. The molecule has 0 saturated carbocycles. The van der Waals surface area contributed by atoms with Crippen LogP contribution in [-0.2, 0) is 25.4 Å². The van der Waals surface area contributed by atoms with Crippen LogP contribution in [0.4, 0.5) is 0 Å². The highest BCUT2D eigenvalue weighted by atomic mass is 28.4. The van der Waals surface area contributed by atoms with E-state index in [0.717, 1.165) is 11.3 Å². The topological polar surface area (TPSA) is 66.4 Å². The number of hydrogen-bond acceptors (Lipinski definition) is 6. The van der Waals surface area contributed by atoms with Crippen molar-refractivity contribution in [3.05, 3.63) is 42.2 Å². The molecule has 0 bridgehead atoms. The number of esters is 1. The van der Waals surface area contributed by atoms with Gasteiger partial charge in [0, 0.05) is 0 Å². The average Bonchev–Trinajstić information content (AvgIpc) is 2.49. The Balaban J connectivity index is 2.71. The molecule has 0 radical (unpaired) electrons. The Morgan fingerprint density at radius 3 is 2.26 bits per heavy atom. The molecule has 0 aromatic heterocycles. The zero-order chi connectivity index (χ0) is 17.5. The van der Waals surface area contributed by atoms with Gasteiger partial charge in [0.15, 0.2) is 0 Å². The summed E-state index contributed by atoms with van der Waals surface area (Å²) in [4.78, 5) is 16.9. The smallest absolute Gasteiger partial charge is 0.364 e. The largest absolute Gasteiger partial charge is 0.543 e. The highest BCUT2D eigenvalue weighted by molar-refractivity contribution is 6.70. The van der Waals surface area contributed by atoms with Gasteiger partial charge in [-0.25, -0.2) is 4.79 Å². The first-order valence-electron chi connectivity index (χ1n) is 7.06. The third kappa shape index (κ3) is 6.56. The summed E-state index contributed by atoms with van der Waals surface area (Å²) >= 11 is 0. The minimum Gasteiger partial charge on any atom is -0.543 e. The Kier molecular flexibility index (Phi) is 6.83. The second-order valence-electron chi connectivity index (χ2n) is 5.68. The Morgan fingerprint density at radius 1 is 1.17 bits per heavy atom. The molecule has 0 saturated heterocycles. The number of benzene rings is 1. The Bertz CT molecular complexity index is 575. The van der Waals surface area contributed by atoms with Gasteiger partial charge in [0.25, 0.3) is 0 Å². The SMILES string of the molecule is C=C(O[Si](C)(C)C)/C(=N\OC)C(=O)OCc1ccc(OC)cc1. The van der Waals surface area contributed by atoms with Crippen LogP contribution in [0.3, 0.4) is 0 Å². The lowest BCUT2D eigenvalue weighted by Gasteiger charge is -2.20. The fraction of sp³-hybridized carbons (Fsp3) is 0.375. The summed E-state index contributed by atoms with van der Waals surface area (Å²) < 4.78 is 16.0. The minimum atomic E-state index is -1.91. The van der Waals surface area contributed by atoms with Gasteiger partial charge in [-0.15, -0.1) is 0 Å². The van der Waals surface area contributed by atoms with Crippen molar-refractivity contribution in [3.8, 4) is 5.75 Å². The molecular formula is C16H23NO5Si. The normalized spacial score (nSPS) is 11.6. The van der Waals surface area contributed by atoms with Crippen LogP contribution in [0.25, 0.3) is 0 Å². The summed E-state index contributed by atoms with van der Waals surface area (Å²) in [5.41, 5.74) is 0.760.